The van der Waals surface area contributed by atoms with Crippen LogP contribution in [0.4, 0.5) is 0 Å². The van der Waals surface area contributed by atoms with E-state index in [9.17, 15) is 4.79 Å². The molecule has 3 nitrogen and oxygen atoms in total. The Bertz CT molecular complexity index is 596. The fourth-order valence-electron chi connectivity index (χ4n) is 2.39. The number of pyridine rings is 1. The first kappa shape index (κ1) is 14.8. The minimum atomic E-state index is 0.154. The SMILES string of the molecule is CC(C)C(=O)CCCn1ccc2c[n+](C(C)C)ccc21. The number of fused-ring (bicyclic) bond motifs is 1. The van der Waals surface area contributed by atoms with E-state index in [2.05, 4.69) is 53.7 Å². The molecule has 0 radical (unpaired) electrons. The number of carbonyl (C=O) groups is 1. The molecule has 0 atom stereocenters. The van der Waals surface area contributed by atoms with Crippen molar-refractivity contribution in [3.63, 3.8) is 0 Å². The van der Waals surface area contributed by atoms with E-state index in [4.69, 9.17) is 0 Å². The Balaban J connectivity index is 2.06. The Morgan fingerprint density at radius 1 is 1.25 bits per heavy atom. The van der Waals surface area contributed by atoms with Gasteiger partial charge in [-0.05, 0) is 26.3 Å². The fourth-order valence-corrected chi connectivity index (χ4v) is 2.39. The minimum absolute atomic E-state index is 0.154. The topological polar surface area (TPSA) is 25.9 Å². The average Bonchev–Trinajstić information content (AvgIpc) is 2.81. The smallest absolute Gasteiger partial charge is 0.178 e. The second-order valence-electron chi connectivity index (χ2n) is 6.06. The summed E-state index contributed by atoms with van der Waals surface area (Å²) in [6, 6.07) is 4.80. The lowest BCUT2D eigenvalue weighted by molar-refractivity contribution is -0.715. The first-order valence-electron chi connectivity index (χ1n) is 7.51. The number of Topliss-reactive ketones (excluding diaryl/α,β-unsaturated/α-hetero) is 1. The van der Waals surface area contributed by atoms with Gasteiger partial charge in [0.2, 0.25) is 0 Å². The second-order valence-corrected chi connectivity index (χ2v) is 6.06. The molecule has 0 saturated carbocycles. The van der Waals surface area contributed by atoms with Gasteiger partial charge in [0.15, 0.2) is 18.4 Å². The summed E-state index contributed by atoms with van der Waals surface area (Å²) >= 11 is 0. The standard InChI is InChI=1S/C17H25N2O/c1-13(2)17(20)6-5-9-18-10-7-15-12-19(14(3)4)11-8-16(15)18/h7-8,10-14H,5-6,9H2,1-4H3/q+1. The molecular formula is C17H25N2O+. The number of hydrogen-bond acceptors (Lipinski definition) is 1. The van der Waals surface area contributed by atoms with E-state index in [-0.39, 0.29) is 5.92 Å². The third-order valence-corrected chi connectivity index (χ3v) is 3.79. The summed E-state index contributed by atoms with van der Waals surface area (Å²) < 4.78 is 4.46. The van der Waals surface area contributed by atoms with Gasteiger partial charge in [-0.3, -0.25) is 4.79 Å². The number of carbonyl (C=O) groups excluding carboxylic acids is 1. The number of rotatable bonds is 6. The molecule has 0 spiro atoms. The average molecular weight is 273 g/mol. The van der Waals surface area contributed by atoms with Crippen molar-refractivity contribution in [3.8, 4) is 0 Å². The van der Waals surface area contributed by atoms with Gasteiger partial charge in [0.05, 0.1) is 10.9 Å². The summed E-state index contributed by atoms with van der Waals surface area (Å²) in [4.78, 5) is 11.6. The van der Waals surface area contributed by atoms with Gasteiger partial charge >= 0.3 is 0 Å². The van der Waals surface area contributed by atoms with Crippen LogP contribution in [0.5, 0.6) is 0 Å². The van der Waals surface area contributed by atoms with E-state index >= 15 is 0 Å². The van der Waals surface area contributed by atoms with Crippen LogP contribution in [0.3, 0.4) is 0 Å². The first-order chi connectivity index (χ1) is 9.49. The molecule has 3 heteroatoms. The van der Waals surface area contributed by atoms with Gasteiger partial charge in [-0.15, -0.1) is 0 Å². The molecule has 2 aromatic rings. The normalized spacial score (nSPS) is 11.7. The van der Waals surface area contributed by atoms with Gasteiger partial charge in [0, 0.05) is 31.1 Å². The van der Waals surface area contributed by atoms with Crippen molar-refractivity contribution in [1.29, 1.82) is 0 Å². The van der Waals surface area contributed by atoms with E-state index in [1.807, 2.05) is 13.8 Å². The zero-order valence-electron chi connectivity index (χ0n) is 13.0. The van der Waals surface area contributed by atoms with Crippen molar-refractivity contribution in [3.05, 3.63) is 30.7 Å². The highest BCUT2D eigenvalue weighted by atomic mass is 16.1. The van der Waals surface area contributed by atoms with Crippen LogP contribution in [0.25, 0.3) is 10.9 Å². The second kappa shape index (κ2) is 6.21. The number of hydrogen-bond donors (Lipinski definition) is 0. The van der Waals surface area contributed by atoms with Gasteiger partial charge in [-0.1, -0.05) is 13.8 Å². The van der Waals surface area contributed by atoms with Crippen molar-refractivity contribution in [2.75, 3.05) is 0 Å². The number of aryl methyl sites for hydroxylation is 1. The predicted molar refractivity (Wildman–Crippen MR) is 81.6 cm³/mol. The van der Waals surface area contributed by atoms with Gasteiger partial charge in [0.1, 0.15) is 5.78 Å². The van der Waals surface area contributed by atoms with Crippen LogP contribution in [0.1, 0.15) is 46.6 Å². The van der Waals surface area contributed by atoms with E-state index < -0.39 is 0 Å². The Labute approximate surface area is 121 Å². The van der Waals surface area contributed by atoms with Gasteiger partial charge in [0.25, 0.3) is 0 Å². The summed E-state index contributed by atoms with van der Waals surface area (Å²) in [7, 11) is 0. The van der Waals surface area contributed by atoms with E-state index in [1.165, 1.54) is 10.9 Å². The molecule has 0 saturated heterocycles. The van der Waals surface area contributed by atoms with E-state index in [0.29, 0.717) is 18.2 Å². The Morgan fingerprint density at radius 3 is 2.65 bits per heavy atom. The Kier molecular flexibility index (Phi) is 4.58. The predicted octanol–water partition coefficient (Wildman–Crippen LogP) is 3.52. The van der Waals surface area contributed by atoms with E-state index in [1.54, 1.807) is 0 Å². The zero-order chi connectivity index (χ0) is 14.7. The summed E-state index contributed by atoms with van der Waals surface area (Å²) in [5.41, 5.74) is 1.25. The lowest BCUT2D eigenvalue weighted by Gasteiger charge is -2.07. The van der Waals surface area contributed by atoms with Crippen LogP contribution in [0.15, 0.2) is 30.7 Å². The molecule has 0 aliphatic carbocycles. The number of nitrogens with zero attached hydrogens (tertiary/aromatic N) is 2. The first-order valence-corrected chi connectivity index (χ1v) is 7.51. The minimum Gasteiger partial charge on any atom is -0.347 e. The molecule has 108 valence electrons. The van der Waals surface area contributed by atoms with E-state index in [0.717, 1.165) is 13.0 Å². The van der Waals surface area contributed by atoms with Crippen molar-refractivity contribution < 1.29 is 9.36 Å². The molecule has 20 heavy (non-hydrogen) atoms. The quantitative estimate of drug-likeness (QED) is 0.740. The lowest BCUT2D eigenvalue weighted by Crippen LogP contribution is -2.34. The summed E-state index contributed by atoms with van der Waals surface area (Å²) in [5.74, 6) is 0.514. The maximum absolute atomic E-state index is 11.6. The third-order valence-electron chi connectivity index (χ3n) is 3.79. The molecule has 0 amide bonds. The van der Waals surface area contributed by atoms with Gasteiger partial charge in [-0.2, -0.15) is 0 Å². The fraction of sp³-hybridized carbons (Fsp3) is 0.529. The van der Waals surface area contributed by atoms with Crippen LogP contribution in [0.2, 0.25) is 0 Å². The van der Waals surface area contributed by atoms with Crippen molar-refractivity contribution >= 4 is 16.7 Å². The molecule has 0 aromatic carbocycles. The Morgan fingerprint density at radius 2 is 2.00 bits per heavy atom. The lowest BCUT2D eigenvalue weighted by atomic mass is 10.0. The largest absolute Gasteiger partial charge is 0.347 e. The van der Waals surface area contributed by atoms with Crippen LogP contribution in [0, 0.1) is 5.92 Å². The van der Waals surface area contributed by atoms with Crippen LogP contribution in [-0.2, 0) is 11.3 Å². The van der Waals surface area contributed by atoms with Gasteiger partial charge < -0.3 is 4.57 Å². The maximum atomic E-state index is 11.6. The third kappa shape index (κ3) is 3.27. The number of aromatic nitrogens is 2. The molecule has 2 rings (SSSR count). The molecule has 0 aliphatic heterocycles. The highest BCUT2D eigenvalue weighted by molar-refractivity contribution is 5.80. The van der Waals surface area contributed by atoms with Crippen LogP contribution in [-0.4, -0.2) is 10.4 Å². The van der Waals surface area contributed by atoms with Crippen molar-refractivity contribution in [2.45, 2.75) is 53.1 Å². The molecule has 0 aliphatic rings. The highest BCUT2D eigenvalue weighted by Gasteiger charge is 2.10. The monoisotopic (exact) mass is 273 g/mol. The summed E-state index contributed by atoms with van der Waals surface area (Å²) in [6.07, 6.45) is 8.03. The molecule has 0 unspecified atom stereocenters. The number of ketones is 1. The zero-order valence-corrected chi connectivity index (χ0v) is 13.0. The highest BCUT2D eigenvalue weighted by Crippen LogP contribution is 2.15. The van der Waals surface area contributed by atoms with Crippen molar-refractivity contribution in [1.82, 2.24) is 4.57 Å². The van der Waals surface area contributed by atoms with Gasteiger partial charge in [-0.25, -0.2) is 4.57 Å². The molecule has 2 aromatic heterocycles. The Hall–Kier alpha value is -1.64. The molecule has 0 bridgehead atoms. The molecule has 0 fully saturated rings. The van der Waals surface area contributed by atoms with Crippen LogP contribution < -0.4 is 4.57 Å². The van der Waals surface area contributed by atoms with Crippen LogP contribution >= 0.6 is 0 Å². The van der Waals surface area contributed by atoms with Crippen molar-refractivity contribution in [2.24, 2.45) is 5.92 Å². The summed E-state index contributed by atoms with van der Waals surface area (Å²) in [5, 5.41) is 1.26. The summed E-state index contributed by atoms with van der Waals surface area (Å²) in [6.45, 7) is 9.21. The maximum Gasteiger partial charge on any atom is 0.178 e. The molecule has 0 N–H and O–H groups in total. The molecule has 2 heterocycles. The molecular weight excluding hydrogens is 248 g/mol.